The number of amides is 1. The number of nitrogens with zero attached hydrogens (tertiary/aromatic N) is 1. The second kappa shape index (κ2) is 8.45. The molecule has 1 aromatic carbocycles. The van der Waals surface area contributed by atoms with E-state index in [9.17, 15) is 4.79 Å². The van der Waals surface area contributed by atoms with E-state index in [4.69, 9.17) is 4.42 Å². The van der Waals surface area contributed by atoms with Crippen molar-refractivity contribution in [2.24, 2.45) is 0 Å². The van der Waals surface area contributed by atoms with Gasteiger partial charge in [-0.1, -0.05) is 42.0 Å². The summed E-state index contributed by atoms with van der Waals surface area (Å²) in [5.41, 5.74) is 2.33. The summed E-state index contributed by atoms with van der Waals surface area (Å²) in [4.78, 5) is 16.2. The Balaban J connectivity index is 1.39. The van der Waals surface area contributed by atoms with Crippen LogP contribution in [-0.2, 0) is 11.2 Å². The molecule has 3 rings (SSSR count). The first-order chi connectivity index (χ1) is 11.8. The summed E-state index contributed by atoms with van der Waals surface area (Å²) >= 11 is 0. The molecule has 5 heteroatoms. The Morgan fingerprint density at radius 1 is 1.29 bits per heavy atom. The third-order valence-electron chi connectivity index (χ3n) is 4.08. The minimum absolute atomic E-state index is 0.0873. The lowest BCUT2D eigenvalue weighted by Gasteiger charge is -2.14. The Bertz CT molecular complexity index is 692. The van der Waals surface area contributed by atoms with E-state index in [1.807, 2.05) is 30.3 Å². The molecule has 2 aromatic rings. The van der Waals surface area contributed by atoms with E-state index in [0.29, 0.717) is 25.3 Å². The first-order valence-electron chi connectivity index (χ1n) is 8.47. The summed E-state index contributed by atoms with van der Waals surface area (Å²) < 4.78 is 5.75. The van der Waals surface area contributed by atoms with E-state index >= 15 is 0 Å². The minimum Gasteiger partial charge on any atom is -0.441 e. The van der Waals surface area contributed by atoms with Gasteiger partial charge < -0.3 is 15.1 Å². The van der Waals surface area contributed by atoms with Crippen LogP contribution in [0.3, 0.4) is 0 Å². The summed E-state index contributed by atoms with van der Waals surface area (Å²) in [6.45, 7) is 2.56. The van der Waals surface area contributed by atoms with Gasteiger partial charge in [0, 0.05) is 31.5 Å². The van der Waals surface area contributed by atoms with E-state index in [-0.39, 0.29) is 5.91 Å². The standard InChI is InChI=1S/C19H23N3O2/c23-18(21-13-15-9-11-20-12-10-15)7-4-8-19-22-14-17(24-19)16-5-2-1-3-6-16/h1-3,5-6,9,14,20H,4,7-8,10-13H2,(H,21,23). The monoisotopic (exact) mass is 325 g/mol. The number of rotatable bonds is 7. The highest BCUT2D eigenvalue weighted by Gasteiger charge is 2.08. The lowest BCUT2D eigenvalue weighted by molar-refractivity contribution is -0.121. The number of hydrogen-bond acceptors (Lipinski definition) is 4. The van der Waals surface area contributed by atoms with Crippen LogP contribution in [0.15, 0.2) is 52.6 Å². The van der Waals surface area contributed by atoms with Crippen LogP contribution >= 0.6 is 0 Å². The summed E-state index contributed by atoms with van der Waals surface area (Å²) in [5, 5.41) is 6.25. The van der Waals surface area contributed by atoms with Gasteiger partial charge in [0.05, 0.1) is 6.20 Å². The molecule has 0 saturated heterocycles. The molecule has 1 aliphatic heterocycles. The molecule has 0 fully saturated rings. The van der Waals surface area contributed by atoms with Crippen molar-refractivity contribution in [2.45, 2.75) is 25.7 Å². The van der Waals surface area contributed by atoms with Crippen LogP contribution in [0.1, 0.15) is 25.2 Å². The van der Waals surface area contributed by atoms with Gasteiger partial charge in [-0.25, -0.2) is 4.98 Å². The molecule has 0 aliphatic carbocycles. The smallest absolute Gasteiger partial charge is 0.220 e. The molecule has 0 bridgehead atoms. The van der Waals surface area contributed by atoms with Crippen LogP contribution in [0, 0.1) is 0 Å². The van der Waals surface area contributed by atoms with E-state index in [1.54, 1.807) is 6.20 Å². The highest BCUT2D eigenvalue weighted by Crippen LogP contribution is 2.20. The molecule has 0 radical (unpaired) electrons. The van der Waals surface area contributed by atoms with Crippen molar-refractivity contribution in [3.63, 3.8) is 0 Å². The van der Waals surface area contributed by atoms with Crippen LogP contribution < -0.4 is 10.6 Å². The topological polar surface area (TPSA) is 67.2 Å². The Hall–Kier alpha value is -2.40. The van der Waals surface area contributed by atoms with Crippen molar-refractivity contribution in [1.82, 2.24) is 15.6 Å². The molecule has 1 aromatic heterocycles. The van der Waals surface area contributed by atoms with Crippen molar-refractivity contribution < 1.29 is 9.21 Å². The van der Waals surface area contributed by atoms with Crippen LogP contribution in [0.4, 0.5) is 0 Å². The number of benzene rings is 1. The quantitative estimate of drug-likeness (QED) is 0.768. The van der Waals surface area contributed by atoms with Gasteiger partial charge in [-0.15, -0.1) is 0 Å². The Kier molecular flexibility index (Phi) is 5.80. The number of aryl methyl sites for hydroxylation is 1. The summed E-state index contributed by atoms with van der Waals surface area (Å²) in [7, 11) is 0. The normalized spacial score (nSPS) is 14.2. The maximum absolute atomic E-state index is 11.9. The number of carbonyl (C=O) groups is 1. The first-order valence-corrected chi connectivity index (χ1v) is 8.47. The van der Waals surface area contributed by atoms with E-state index < -0.39 is 0 Å². The van der Waals surface area contributed by atoms with Crippen LogP contribution in [0.25, 0.3) is 11.3 Å². The third kappa shape index (κ3) is 4.80. The van der Waals surface area contributed by atoms with Crippen molar-refractivity contribution in [3.8, 4) is 11.3 Å². The molecular formula is C19H23N3O2. The SMILES string of the molecule is O=C(CCCc1ncc(-c2ccccc2)o1)NCC1=CCNCC1. The zero-order chi connectivity index (χ0) is 16.6. The van der Waals surface area contributed by atoms with Gasteiger partial charge in [-0.2, -0.15) is 0 Å². The highest BCUT2D eigenvalue weighted by atomic mass is 16.4. The predicted octanol–water partition coefficient (Wildman–Crippen LogP) is 2.70. The fourth-order valence-corrected chi connectivity index (χ4v) is 2.69. The molecule has 0 unspecified atom stereocenters. The van der Waals surface area contributed by atoms with Crippen molar-refractivity contribution in [2.75, 3.05) is 19.6 Å². The van der Waals surface area contributed by atoms with Gasteiger partial charge in [0.25, 0.3) is 0 Å². The highest BCUT2D eigenvalue weighted by molar-refractivity contribution is 5.76. The zero-order valence-electron chi connectivity index (χ0n) is 13.8. The van der Waals surface area contributed by atoms with Gasteiger partial charge in [-0.3, -0.25) is 4.79 Å². The number of aromatic nitrogens is 1. The van der Waals surface area contributed by atoms with Crippen LogP contribution in [0.5, 0.6) is 0 Å². The lowest BCUT2D eigenvalue weighted by Crippen LogP contribution is -2.29. The molecule has 126 valence electrons. The molecule has 5 nitrogen and oxygen atoms in total. The van der Waals surface area contributed by atoms with Crippen LogP contribution in [-0.4, -0.2) is 30.5 Å². The van der Waals surface area contributed by atoms with E-state index in [1.165, 1.54) is 5.57 Å². The van der Waals surface area contributed by atoms with Gasteiger partial charge in [0.2, 0.25) is 5.91 Å². The number of oxazole rings is 1. The van der Waals surface area contributed by atoms with E-state index in [2.05, 4.69) is 21.7 Å². The average molecular weight is 325 g/mol. The minimum atomic E-state index is 0.0873. The average Bonchev–Trinajstić information content (AvgIpc) is 3.11. The van der Waals surface area contributed by atoms with Crippen molar-refractivity contribution in [3.05, 3.63) is 54.1 Å². The molecule has 24 heavy (non-hydrogen) atoms. The fraction of sp³-hybridized carbons (Fsp3) is 0.368. The second-order valence-corrected chi connectivity index (χ2v) is 5.93. The number of nitrogens with one attached hydrogen (secondary N) is 2. The Morgan fingerprint density at radius 3 is 2.96 bits per heavy atom. The van der Waals surface area contributed by atoms with Gasteiger partial charge in [-0.05, 0) is 19.4 Å². The summed E-state index contributed by atoms with van der Waals surface area (Å²) in [6, 6.07) is 9.90. The summed E-state index contributed by atoms with van der Waals surface area (Å²) in [6.07, 6.45) is 6.82. The lowest BCUT2D eigenvalue weighted by atomic mass is 10.1. The van der Waals surface area contributed by atoms with Crippen molar-refractivity contribution >= 4 is 5.91 Å². The zero-order valence-corrected chi connectivity index (χ0v) is 13.8. The Labute approximate surface area is 142 Å². The second-order valence-electron chi connectivity index (χ2n) is 5.93. The maximum atomic E-state index is 11.9. The van der Waals surface area contributed by atoms with Crippen molar-refractivity contribution in [1.29, 1.82) is 0 Å². The molecule has 0 spiro atoms. The largest absolute Gasteiger partial charge is 0.441 e. The summed E-state index contributed by atoms with van der Waals surface area (Å²) in [5.74, 6) is 1.54. The predicted molar refractivity (Wildman–Crippen MR) is 93.5 cm³/mol. The molecule has 0 atom stereocenters. The van der Waals surface area contributed by atoms with Gasteiger partial charge >= 0.3 is 0 Å². The number of hydrogen-bond donors (Lipinski definition) is 2. The molecule has 1 aliphatic rings. The maximum Gasteiger partial charge on any atom is 0.220 e. The fourth-order valence-electron chi connectivity index (χ4n) is 2.69. The molecular weight excluding hydrogens is 302 g/mol. The van der Waals surface area contributed by atoms with Crippen LogP contribution in [0.2, 0.25) is 0 Å². The Morgan fingerprint density at radius 2 is 2.17 bits per heavy atom. The molecule has 2 heterocycles. The van der Waals surface area contributed by atoms with Gasteiger partial charge in [0.15, 0.2) is 11.7 Å². The molecule has 1 amide bonds. The first kappa shape index (κ1) is 16.5. The van der Waals surface area contributed by atoms with E-state index in [0.717, 1.165) is 37.3 Å². The molecule has 2 N–H and O–H groups in total. The third-order valence-corrected chi connectivity index (χ3v) is 4.08. The molecule has 0 saturated carbocycles. The number of carbonyl (C=O) groups excluding carboxylic acids is 1. The van der Waals surface area contributed by atoms with Gasteiger partial charge in [0.1, 0.15) is 0 Å².